The number of aromatic amines is 1. The van der Waals surface area contributed by atoms with E-state index in [1.54, 1.807) is 16.3 Å². The predicted octanol–water partition coefficient (Wildman–Crippen LogP) is 1.99. The third kappa shape index (κ3) is 3.86. The smallest absolute Gasteiger partial charge is 0.314 e. The molecule has 2 unspecified atom stereocenters. The number of thioether (sulfide) groups is 1. The second-order valence-corrected chi connectivity index (χ2v) is 6.38. The van der Waals surface area contributed by atoms with Crippen LogP contribution in [-0.2, 0) is 6.54 Å². The summed E-state index contributed by atoms with van der Waals surface area (Å²) in [7, 11) is 0. The number of rotatable bonds is 6. The Labute approximate surface area is 118 Å². The van der Waals surface area contributed by atoms with Crippen molar-refractivity contribution < 1.29 is 0 Å². The lowest BCUT2D eigenvalue weighted by atomic mass is 9.95. The van der Waals surface area contributed by atoms with Crippen LogP contribution in [0.4, 0.5) is 0 Å². The van der Waals surface area contributed by atoms with E-state index < -0.39 is 0 Å². The van der Waals surface area contributed by atoms with E-state index >= 15 is 0 Å². The lowest BCUT2D eigenvalue weighted by Gasteiger charge is -2.29. The standard InChI is InChI=1S/C13H24N4OS/c1-3-8-14-10-6-5-7-11(9-10)19-13-16-15-12(18)17(13)4-2/h10-11,14H,3-9H2,1-2H3,(H,15,18). The predicted molar refractivity (Wildman–Crippen MR) is 78.7 cm³/mol. The number of H-pyrrole nitrogens is 1. The van der Waals surface area contributed by atoms with Crippen molar-refractivity contribution in [3.63, 3.8) is 0 Å². The van der Waals surface area contributed by atoms with Crippen LogP contribution in [0.25, 0.3) is 0 Å². The van der Waals surface area contributed by atoms with Crippen molar-refractivity contribution in [1.82, 2.24) is 20.1 Å². The van der Waals surface area contributed by atoms with Gasteiger partial charge in [-0.3, -0.25) is 4.57 Å². The highest BCUT2D eigenvalue weighted by molar-refractivity contribution is 7.99. The molecule has 108 valence electrons. The van der Waals surface area contributed by atoms with Gasteiger partial charge in [-0.2, -0.15) is 0 Å². The number of hydrogen-bond acceptors (Lipinski definition) is 4. The minimum atomic E-state index is -0.0959. The van der Waals surface area contributed by atoms with Crippen LogP contribution in [-0.4, -0.2) is 32.6 Å². The Bertz CT molecular complexity index is 442. The number of aromatic nitrogens is 3. The molecule has 6 heteroatoms. The Morgan fingerprint density at radius 3 is 3.05 bits per heavy atom. The highest BCUT2D eigenvalue weighted by Crippen LogP contribution is 2.32. The molecule has 0 aliphatic heterocycles. The SMILES string of the molecule is CCCNC1CCCC(Sc2n[nH]c(=O)n2CC)C1. The highest BCUT2D eigenvalue weighted by atomic mass is 32.2. The summed E-state index contributed by atoms with van der Waals surface area (Å²) in [6, 6.07) is 0.631. The normalized spacial score (nSPS) is 23.7. The zero-order chi connectivity index (χ0) is 13.7. The quantitative estimate of drug-likeness (QED) is 0.838. The van der Waals surface area contributed by atoms with Crippen LogP contribution in [0.15, 0.2) is 9.95 Å². The molecule has 0 bridgehead atoms. The Balaban J connectivity index is 1.93. The maximum absolute atomic E-state index is 11.5. The van der Waals surface area contributed by atoms with E-state index in [4.69, 9.17) is 0 Å². The summed E-state index contributed by atoms with van der Waals surface area (Å²) in [6.07, 6.45) is 6.12. The molecule has 1 heterocycles. The summed E-state index contributed by atoms with van der Waals surface area (Å²) in [5.74, 6) is 0. The van der Waals surface area contributed by atoms with E-state index in [2.05, 4.69) is 22.4 Å². The molecule has 0 radical (unpaired) electrons. The Hall–Kier alpha value is -0.750. The molecule has 0 saturated heterocycles. The second kappa shape index (κ2) is 7.14. The summed E-state index contributed by atoms with van der Waals surface area (Å²) < 4.78 is 1.72. The van der Waals surface area contributed by atoms with E-state index in [0.29, 0.717) is 17.8 Å². The van der Waals surface area contributed by atoms with Crippen LogP contribution in [0.3, 0.4) is 0 Å². The fraction of sp³-hybridized carbons (Fsp3) is 0.846. The fourth-order valence-corrected chi connectivity index (χ4v) is 3.96. The molecule has 2 N–H and O–H groups in total. The zero-order valence-corrected chi connectivity index (χ0v) is 12.6. The van der Waals surface area contributed by atoms with Gasteiger partial charge in [0.2, 0.25) is 0 Å². The lowest BCUT2D eigenvalue weighted by molar-refractivity contribution is 0.381. The molecule has 1 aromatic heterocycles. The molecule has 19 heavy (non-hydrogen) atoms. The third-order valence-corrected chi connectivity index (χ3v) is 4.90. The van der Waals surface area contributed by atoms with Gasteiger partial charge in [0.15, 0.2) is 5.16 Å². The highest BCUT2D eigenvalue weighted by Gasteiger charge is 2.24. The second-order valence-electron chi connectivity index (χ2n) is 5.11. The van der Waals surface area contributed by atoms with Gasteiger partial charge in [-0.15, -0.1) is 5.10 Å². The number of hydrogen-bond donors (Lipinski definition) is 2. The molecule has 0 aromatic carbocycles. The van der Waals surface area contributed by atoms with Crippen molar-refractivity contribution >= 4 is 11.8 Å². The van der Waals surface area contributed by atoms with Gasteiger partial charge in [-0.1, -0.05) is 25.1 Å². The van der Waals surface area contributed by atoms with Gasteiger partial charge in [0.25, 0.3) is 0 Å². The Kier molecular flexibility index (Phi) is 5.51. The van der Waals surface area contributed by atoms with Crippen molar-refractivity contribution in [2.75, 3.05) is 6.54 Å². The average molecular weight is 284 g/mol. The van der Waals surface area contributed by atoms with E-state index in [-0.39, 0.29) is 5.69 Å². The van der Waals surface area contributed by atoms with Gasteiger partial charge in [-0.25, -0.2) is 9.89 Å². The summed E-state index contributed by atoms with van der Waals surface area (Å²) in [6.45, 7) is 5.96. The van der Waals surface area contributed by atoms with Gasteiger partial charge in [0, 0.05) is 17.8 Å². The summed E-state index contributed by atoms with van der Waals surface area (Å²) >= 11 is 1.75. The molecule has 0 amide bonds. The summed E-state index contributed by atoms with van der Waals surface area (Å²) in [4.78, 5) is 11.5. The molecule has 1 aliphatic carbocycles. The van der Waals surface area contributed by atoms with Crippen molar-refractivity contribution in [3.05, 3.63) is 10.5 Å². The maximum Gasteiger partial charge on any atom is 0.343 e. The topological polar surface area (TPSA) is 62.7 Å². The monoisotopic (exact) mass is 284 g/mol. The van der Waals surface area contributed by atoms with Gasteiger partial charge in [0.05, 0.1) is 0 Å². The van der Waals surface area contributed by atoms with Crippen LogP contribution in [0.1, 0.15) is 46.0 Å². The first-order valence-corrected chi connectivity index (χ1v) is 8.17. The first-order valence-electron chi connectivity index (χ1n) is 7.29. The maximum atomic E-state index is 11.5. The fourth-order valence-electron chi connectivity index (χ4n) is 2.61. The van der Waals surface area contributed by atoms with E-state index in [0.717, 1.165) is 11.7 Å². The minimum Gasteiger partial charge on any atom is -0.314 e. The van der Waals surface area contributed by atoms with Crippen LogP contribution >= 0.6 is 11.8 Å². The van der Waals surface area contributed by atoms with Gasteiger partial charge in [-0.05, 0) is 39.2 Å². The summed E-state index contributed by atoms with van der Waals surface area (Å²) in [5.41, 5.74) is -0.0959. The zero-order valence-electron chi connectivity index (χ0n) is 11.8. The van der Waals surface area contributed by atoms with Gasteiger partial charge in [0.1, 0.15) is 0 Å². The van der Waals surface area contributed by atoms with Crippen LogP contribution in [0, 0.1) is 0 Å². The molecule has 1 aromatic rings. The first kappa shape index (κ1) is 14.7. The largest absolute Gasteiger partial charge is 0.343 e. The molecular weight excluding hydrogens is 260 g/mol. The van der Waals surface area contributed by atoms with Crippen molar-refractivity contribution in [2.45, 2.75) is 68.9 Å². The van der Waals surface area contributed by atoms with Crippen LogP contribution < -0.4 is 11.0 Å². The minimum absolute atomic E-state index is 0.0959. The molecular formula is C13H24N4OS. The molecule has 1 saturated carbocycles. The van der Waals surface area contributed by atoms with E-state index in [1.807, 2.05) is 6.92 Å². The van der Waals surface area contributed by atoms with Crippen LogP contribution in [0.2, 0.25) is 0 Å². The molecule has 1 fully saturated rings. The molecule has 5 nitrogen and oxygen atoms in total. The van der Waals surface area contributed by atoms with Gasteiger partial charge < -0.3 is 5.32 Å². The third-order valence-electron chi connectivity index (χ3n) is 3.62. The van der Waals surface area contributed by atoms with Crippen molar-refractivity contribution in [3.8, 4) is 0 Å². The molecule has 2 rings (SSSR count). The molecule has 0 spiro atoms. The average Bonchev–Trinajstić information content (AvgIpc) is 2.77. The van der Waals surface area contributed by atoms with Crippen molar-refractivity contribution in [2.24, 2.45) is 0 Å². The van der Waals surface area contributed by atoms with Gasteiger partial charge >= 0.3 is 5.69 Å². The molecule has 1 aliphatic rings. The number of nitrogens with one attached hydrogen (secondary N) is 2. The first-order chi connectivity index (χ1) is 9.24. The lowest BCUT2D eigenvalue weighted by Crippen LogP contribution is -2.35. The van der Waals surface area contributed by atoms with Crippen LogP contribution in [0.5, 0.6) is 0 Å². The molecule has 2 atom stereocenters. The Morgan fingerprint density at radius 2 is 2.32 bits per heavy atom. The Morgan fingerprint density at radius 1 is 1.47 bits per heavy atom. The summed E-state index contributed by atoms with van der Waals surface area (Å²) in [5, 5.41) is 11.7. The van der Waals surface area contributed by atoms with Crippen molar-refractivity contribution in [1.29, 1.82) is 0 Å². The number of nitrogens with zero attached hydrogens (tertiary/aromatic N) is 2. The van der Waals surface area contributed by atoms with E-state index in [9.17, 15) is 4.79 Å². The van der Waals surface area contributed by atoms with E-state index in [1.165, 1.54) is 32.1 Å².